The van der Waals surface area contributed by atoms with Gasteiger partial charge >= 0.3 is 0 Å². The number of phenolic OH excluding ortho intramolecular Hbond substituents is 1. The molecule has 0 bridgehead atoms. The number of likely N-dealkylation sites (N-methyl/N-ethyl adjacent to an activating group) is 1. The highest BCUT2D eigenvalue weighted by Crippen LogP contribution is 2.19. The molecule has 0 amide bonds. The van der Waals surface area contributed by atoms with Gasteiger partial charge in [0.15, 0.2) is 0 Å². The van der Waals surface area contributed by atoms with E-state index in [9.17, 15) is 5.11 Å². The summed E-state index contributed by atoms with van der Waals surface area (Å²) in [6, 6.07) is 7.55. The molecule has 0 saturated heterocycles. The number of phenols is 1. The Balaban J connectivity index is 2.12. The van der Waals surface area contributed by atoms with E-state index >= 15 is 0 Å². The summed E-state index contributed by atoms with van der Waals surface area (Å²) >= 11 is 0. The molecule has 0 fully saturated rings. The van der Waals surface area contributed by atoms with E-state index in [0.717, 1.165) is 6.42 Å². The fourth-order valence-electron chi connectivity index (χ4n) is 1.87. The largest absolute Gasteiger partial charge is 0.508 e. The van der Waals surface area contributed by atoms with Crippen molar-refractivity contribution in [1.82, 2.24) is 15.1 Å². The van der Waals surface area contributed by atoms with Crippen molar-refractivity contribution in [2.45, 2.75) is 12.5 Å². The van der Waals surface area contributed by atoms with Crippen LogP contribution in [0.5, 0.6) is 5.75 Å². The molecular formula is C13H17N3O. The van der Waals surface area contributed by atoms with Gasteiger partial charge in [-0.1, -0.05) is 12.1 Å². The van der Waals surface area contributed by atoms with E-state index in [1.165, 1.54) is 11.1 Å². The minimum atomic E-state index is 0.244. The molecule has 90 valence electrons. The first kappa shape index (κ1) is 11.7. The Kier molecular flexibility index (Phi) is 3.44. The van der Waals surface area contributed by atoms with Crippen LogP contribution in [0.1, 0.15) is 17.2 Å². The van der Waals surface area contributed by atoms with Gasteiger partial charge in [-0.25, -0.2) is 0 Å². The third-order valence-corrected chi connectivity index (χ3v) is 2.85. The number of aryl methyl sites for hydroxylation is 1. The molecular weight excluding hydrogens is 214 g/mol. The van der Waals surface area contributed by atoms with E-state index in [-0.39, 0.29) is 6.04 Å². The standard InChI is InChI=1S/C13H17N3O/c1-14-13(11-8-15-16(2)9-11)7-10-3-5-12(17)6-4-10/h3-6,8-9,13-14,17H,7H2,1-2H3. The van der Waals surface area contributed by atoms with Crippen molar-refractivity contribution >= 4 is 0 Å². The normalized spacial score (nSPS) is 12.6. The predicted molar refractivity (Wildman–Crippen MR) is 66.8 cm³/mol. The van der Waals surface area contributed by atoms with Gasteiger partial charge in [0.1, 0.15) is 5.75 Å². The Morgan fingerprint density at radius 3 is 2.59 bits per heavy atom. The van der Waals surface area contributed by atoms with Crippen molar-refractivity contribution in [3.63, 3.8) is 0 Å². The first-order chi connectivity index (χ1) is 8.19. The molecule has 1 aromatic heterocycles. The van der Waals surface area contributed by atoms with Crippen LogP contribution in [0.2, 0.25) is 0 Å². The zero-order valence-corrected chi connectivity index (χ0v) is 10.1. The van der Waals surface area contributed by atoms with Crippen molar-refractivity contribution in [3.8, 4) is 5.75 Å². The van der Waals surface area contributed by atoms with Crippen LogP contribution in [-0.4, -0.2) is 21.9 Å². The topological polar surface area (TPSA) is 50.1 Å². The van der Waals surface area contributed by atoms with Crippen LogP contribution in [-0.2, 0) is 13.5 Å². The Bertz CT molecular complexity index is 476. The van der Waals surface area contributed by atoms with E-state index in [1.54, 1.807) is 16.8 Å². The van der Waals surface area contributed by atoms with Crippen LogP contribution in [0, 0.1) is 0 Å². The summed E-state index contributed by atoms with van der Waals surface area (Å²) in [6.45, 7) is 0. The molecule has 1 unspecified atom stereocenters. The van der Waals surface area contributed by atoms with E-state index < -0.39 is 0 Å². The summed E-state index contributed by atoms with van der Waals surface area (Å²) < 4.78 is 1.80. The molecule has 1 atom stereocenters. The first-order valence-electron chi connectivity index (χ1n) is 5.63. The van der Waals surface area contributed by atoms with Crippen molar-refractivity contribution < 1.29 is 5.11 Å². The molecule has 1 heterocycles. The molecule has 0 radical (unpaired) electrons. The van der Waals surface area contributed by atoms with Crippen LogP contribution in [0.15, 0.2) is 36.7 Å². The lowest BCUT2D eigenvalue weighted by Crippen LogP contribution is -2.18. The molecule has 1 aromatic carbocycles. The minimum absolute atomic E-state index is 0.244. The molecule has 0 aliphatic rings. The van der Waals surface area contributed by atoms with Gasteiger partial charge < -0.3 is 10.4 Å². The van der Waals surface area contributed by atoms with Gasteiger partial charge in [-0.15, -0.1) is 0 Å². The van der Waals surface area contributed by atoms with Crippen LogP contribution in [0.25, 0.3) is 0 Å². The van der Waals surface area contributed by atoms with Gasteiger partial charge in [0.25, 0.3) is 0 Å². The maximum absolute atomic E-state index is 9.24. The highest BCUT2D eigenvalue weighted by molar-refractivity contribution is 5.27. The summed E-state index contributed by atoms with van der Waals surface area (Å²) in [6.07, 6.45) is 4.77. The lowest BCUT2D eigenvalue weighted by atomic mass is 10.0. The van der Waals surface area contributed by atoms with Crippen molar-refractivity contribution in [3.05, 3.63) is 47.8 Å². The summed E-state index contributed by atoms with van der Waals surface area (Å²) in [5.41, 5.74) is 2.36. The fourth-order valence-corrected chi connectivity index (χ4v) is 1.87. The van der Waals surface area contributed by atoms with Crippen LogP contribution in [0.4, 0.5) is 0 Å². The maximum Gasteiger partial charge on any atom is 0.115 e. The predicted octanol–water partition coefficient (Wildman–Crippen LogP) is 1.63. The van der Waals surface area contributed by atoms with Crippen molar-refractivity contribution in [1.29, 1.82) is 0 Å². The summed E-state index contributed by atoms with van der Waals surface area (Å²) in [7, 11) is 3.86. The molecule has 0 saturated carbocycles. The maximum atomic E-state index is 9.24. The van der Waals surface area contributed by atoms with Gasteiger partial charge in [-0.2, -0.15) is 5.10 Å². The Hall–Kier alpha value is -1.81. The van der Waals surface area contributed by atoms with Gasteiger partial charge in [-0.3, -0.25) is 4.68 Å². The smallest absolute Gasteiger partial charge is 0.115 e. The first-order valence-corrected chi connectivity index (χ1v) is 5.63. The molecule has 4 heteroatoms. The Morgan fingerprint density at radius 2 is 2.06 bits per heavy atom. The molecule has 0 aliphatic heterocycles. The highest BCUT2D eigenvalue weighted by atomic mass is 16.3. The van der Waals surface area contributed by atoms with Crippen LogP contribution in [0.3, 0.4) is 0 Å². The number of nitrogens with zero attached hydrogens (tertiary/aromatic N) is 2. The average molecular weight is 231 g/mol. The van der Waals surface area contributed by atoms with Gasteiger partial charge in [0.05, 0.1) is 6.20 Å². The number of hydrogen-bond acceptors (Lipinski definition) is 3. The summed E-state index contributed by atoms with van der Waals surface area (Å²) in [5, 5.41) is 16.7. The second kappa shape index (κ2) is 5.01. The third kappa shape index (κ3) is 2.85. The number of nitrogens with one attached hydrogen (secondary N) is 1. The summed E-state index contributed by atoms with van der Waals surface area (Å²) in [5.74, 6) is 0.302. The number of hydrogen-bond donors (Lipinski definition) is 2. The fraction of sp³-hybridized carbons (Fsp3) is 0.308. The molecule has 17 heavy (non-hydrogen) atoms. The SMILES string of the molecule is CNC(Cc1ccc(O)cc1)c1cnn(C)c1. The van der Waals surface area contributed by atoms with Crippen LogP contribution >= 0.6 is 0 Å². The zero-order valence-electron chi connectivity index (χ0n) is 10.1. The lowest BCUT2D eigenvalue weighted by molar-refractivity contribution is 0.475. The van der Waals surface area contributed by atoms with Gasteiger partial charge in [-0.05, 0) is 31.2 Å². The quantitative estimate of drug-likeness (QED) is 0.841. The average Bonchev–Trinajstić information content (AvgIpc) is 2.75. The number of rotatable bonds is 4. The Labute approximate surface area is 101 Å². The van der Waals surface area contributed by atoms with Crippen molar-refractivity contribution in [2.24, 2.45) is 7.05 Å². The van der Waals surface area contributed by atoms with E-state index in [4.69, 9.17) is 0 Å². The second-order valence-corrected chi connectivity index (χ2v) is 4.16. The van der Waals surface area contributed by atoms with Gasteiger partial charge in [0.2, 0.25) is 0 Å². The minimum Gasteiger partial charge on any atom is -0.508 e. The lowest BCUT2D eigenvalue weighted by Gasteiger charge is -2.14. The monoisotopic (exact) mass is 231 g/mol. The van der Waals surface area contributed by atoms with E-state index in [0.29, 0.717) is 5.75 Å². The number of aromatic hydroxyl groups is 1. The summed E-state index contributed by atoms with van der Waals surface area (Å²) in [4.78, 5) is 0. The molecule has 0 aliphatic carbocycles. The molecule has 4 nitrogen and oxygen atoms in total. The third-order valence-electron chi connectivity index (χ3n) is 2.85. The molecule has 0 spiro atoms. The van der Waals surface area contributed by atoms with Crippen LogP contribution < -0.4 is 5.32 Å². The van der Waals surface area contributed by atoms with Crippen molar-refractivity contribution in [2.75, 3.05) is 7.05 Å². The molecule has 2 rings (SSSR count). The highest BCUT2D eigenvalue weighted by Gasteiger charge is 2.11. The second-order valence-electron chi connectivity index (χ2n) is 4.16. The van der Waals surface area contributed by atoms with E-state index in [1.807, 2.05) is 38.6 Å². The zero-order chi connectivity index (χ0) is 12.3. The number of benzene rings is 1. The number of aromatic nitrogens is 2. The van der Waals surface area contributed by atoms with Gasteiger partial charge in [0, 0.05) is 24.8 Å². The Morgan fingerprint density at radius 1 is 1.35 bits per heavy atom. The molecule has 2 aromatic rings. The molecule has 2 N–H and O–H groups in total. The van der Waals surface area contributed by atoms with E-state index in [2.05, 4.69) is 10.4 Å².